The van der Waals surface area contributed by atoms with Crippen molar-refractivity contribution in [3.8, 4) is 6.57 Å². The largest absolute Gasteiger partial charge is 0.508 e. The lowest BCUT2D eigenvalue weighted by Gasteiger charge is -1.44. The summed E-state index contributed by atoms with van der Waals surface area (Å²) in [7, 11) is 0. The van der Waals surface area contributed by atoms with Crippen LogP contribution in [0.15, 0.2) is 12.5 Å². The van der Waals surface area contributed by atoms with Crippen molar-refractivity contribution in [2.45, 2.75) is 0 Å². The highest BCUT2D eigenvalue weighted by molar-refractivity contribution is 4.85. The van der Waals surface area contributed by atoms with Crippen LogP contribution in [0.25, 0.3) is 4.85 Å². The van der Waals surface area contributed by atoms with Gasteiger partial charge in [0.15, 0.2) is 6.26 Å². The molecule has 2 nitrogen and oxygen atoms in total. The Hall–Kier alpha value is -0.970. The summed E-state index contributed by atoms with van der Waals surface area (Å²) in [6.07, 6.45) is 1.85. The predicted octanol–water partition coefficient (Wildman–Crippen LogP) is 0.978. The molecule has 0 aromatic rings. The summed E-state index contributed by atoms with van der Waals surface area (Å²) in [6.45, 7) is 4.52. The molecule has 0 atom stereocenters. The maximum absolute atomic E-state index is 7.71. The van der Waals surface area contributed by atoms with Crippen LogP contribution in [-0.2, 0) is 0 Å². The molecule has 0 aromatic carbocycles. The van der Waals surface area contributed by atoms with E-state index in [-0.39, 0.29) is 0 Å². The second-order valence-electron chi connectivity index (χ2n) is 0.447. The topological polar surface area (TPSA) is 24.6 Å². The van der Waals surface area contributed by atoms with Gasteiger partial charge in [-0.05, 0) is 4.85 Å². The Morgan fingerprint density at radius 2 is 2.40 bits per heavy atom. The van der Waals surface area contributed by atoms with Gasteiger partial charge >= 0.3 is 6.20 Å². The Bertz CT molecular complexity index is 69.5. The fourth-order valence-corrected chi connectivity index (χ4v) is 0.0385. The van der Waals surface area contributed by atoms with E-state index in [2.05, 4.69) is 11.4 Å². The molecular weight excluding hydrogens is 66.0 g/mol. The van der Waals surface area contributed by atoms with E-state index in [1.165, 1.54) is 0 Å². The van der Waals surface area contributed by atoms with Crippen molar-refractivity contribution in [3.05, 3.63) is 17.3 Å². The number of nitrogens with zero attached hydrogens (tertiary/aromatic N) is 1. The standard InChI is InChI=1S/C3H3NO/c1-4-2-3-5/h1-3H/p+1. The third-order valence-corrected chi connectivity index (χ3v) is 0.153. The number of rotatable bonds is 0. The van der Waals surface area contributed by atoms with Gasteiger partial charge in [0.25, 0.3) is 6.57 Å². The van der Waals surface area contributed by atoms with Crippen molar-refractivity contribution < 1.29 is 5.11 Å². The molecule has 0 aliphatic rings. The predicted molar refractivity (Wildman–Crippen MR) is 20.1 cm³/mol. The Labute approximate surface area is 30.2 Å². The molecule has 0 saturated heterocycles. The van der Waals surface area contributed by atoms with Crippen molar-refractivity contribution in [1.29, 1.82) is 0 Å². The van der Waals surface area contributed by atoms with Gasteiger partial charge < -0.3 is 5.11 Å². The average Bonchev–Trinajstić information content (AvgIpc) is 1.41. The summed E-state index contributed by atoms with van der Waals surface area (Å²) in [5.74, 6) is 0. The van der Waals surface area contributed by atoms with E-state index in [0.717, 1.165) is 12.5 Å². The van der Waals surface area contributed by atoms with E-state index in [0.29, 0.717) is 0 Å². The maximum Gasteiger partial charge on any atom is 0.338 e. The van der Waals surface area contributed by atoms with Gasteiger partial charge in [0, 0.05) is 0 Å². The van der Waals surface area contributed by atoms with Crippen molar-refractivity contribution in [2.75, 3.05) is 0 Å². The van der Waals surface area contributed by atoms with Crippen LogP contribution in [0.5, 0.6) is 0 Å². The molecule has 0 fully saturated rings. The van der Waals surface area contributed by atoms with E-state index < -0.39 is 0 Å². The minimum absolute atomic E-state index is 0.764. The number of aliphatic hydroxyl groups is 1. The smallest absolute Gasteiger partial charge is 0.338 e. The van der Waals surface area contributed by atoms with Crippen molar-refractivity contribution in [1.82, 2.24) is 0 Å². The first kappa shape index (κ1) is 4.03. The third-order valence-electron chi connectivity index (χ3n) is 0.153. The fourth-order valence-electron chi connectivity index (χ4n) is 0.0385. The lowest BCUT2D eigenvalue weighted by atomic mass is 11.0. The molecule has 1 N–H and O–H groups in total. The van der Waals surface area contributed by atoms with Crippen molar-refractivity contribution in [3.63, 3.8) is 0 Å². The molecule has 0 amide bonds. The van der Waals surface area contributed by atoms with Gasteiger partial charge in [0.2, 0.25) is 0 Å². The molecule has 0 saturated carbocycles. The van der Waals surface area contributed by atoms with Gasteiger partial charge in [-0.2, -0.15) is 0 Å². The molecule has 0 rings (SSSR count). The molecule has 0 aliphatic carbocycles. The minimum atomic E-state index is 0.764. The third kappa shape index (κ3) is 3.03. The second kappa shape index (κ2) is 3.03. The number of aliphatic hydroxyl groups excluding tert-OH is 1. The Kier molecular flexibility index (Phi) is 2.44. The molecule has 0 spiro atoms. The Morgan fingerprint density at radius 1 is 1.80 bits per heavy atom. The molecule has 5 heavy (non-hydrogen) atoms. The highest BCUT2D eigenvalue weighted by atomic mass is 16.2. The van der Waals surface area contributed by atoms with Gasteiger partial charge in [-0.1, -0.05) is 0 Å². The molecule has 0 unspecified atom stereocenters. The molecule has 0 aliphatic heterocycles. The molecule has 0 bridgehead atoms. The summed E-state index contributed by atoms with van der Waals surface area (Å²) in [5, 5.41) is 7.71. The van der Waals surface area contributed by atoms with Gasteiger partial charge in [-0.15, -0.1) is 0 Å². The minimum Gasteiger partial charge on any atom is -0.508 e. The van der Waals surface area contributed by atoms with E-state index in [4.69, 9.17) is 5.11 Å². The molecule has 26 valence electrons. The second-order valence-corrected chi connectivity index (χ2v) is 0.447. The normalized spacial score (nSPS) is 7.80. The molecule has 0 heterocycles. The molecule has 2 heteroatoms. The molecule has 0 radical (unpaired) electrons. The zero-order chi connectivity index (χ0) is 4.12. The van der Waals surface area contributed by atoms with Crippen molar-refractivity contribution in [2.24, 2.45) is 0 Å². The quantitative estimate of drug-likeness (QED) is 0.422. The summed E-state index contributed by atoms with van der Waals surface area (Å²) in [4.78, 5) is 2.92. The van der Waals surface area contributed by atoms with Crippen LogP contribution in [0.4, 0.5) is 0 Å². The molecular formula is C3H4NO+. The highest BCUT2D eigenvalue weighted by Gasteiger charge is 1.59. The lowest BCUT2D eigenvalue weighted by Crippen LogP contribution is -1.37. The van der Waals surface area contributed by atoms with Gasteiger partial charge in [0.05, 0.1) is 0 Å². The number of hydrogen-bond acceptors (Lipinski definition) is 1. The van der Waals surface area contributed by atoms with Crippen LogP contribution in [0.2, 0.25) is 0 Å². The van der Waals surface area contributed by atoms with E-state index in [1.54, 1.807) is 0 Å². The Balaban J connectivity index is 3.04. The zero-order valence-electron chi connectivity index (χ0n) is 2.63. The van der Waals surface area contributed by atoms with E-state index >= 15 is 0 Å². The van der Waals surface area contributed by atoms with Crippen molar-refractivity contribution >= 4 is 0 Å². The Morgan fingerprint density at radius 3 is 2.40 bits per heavy atom. The zero-order valence-corrected chi connectivity index (χ0v) is 2.63. The lowest BCUT2D eigenvalue weighted by molar-refractivity contribution is 0.473. The molecule has 0 aromatic heterocycles. The maximum atomic E-state index is 7.71. The first-order valence-corrected chi connectivity index (χ1v) is 1.11. The fraction of sp³-hybridized carbons (Fsp3) is 0. The van der Waals surface area contributed by atoms with Gasteiger partial charge in [-0.25, -0.2) is 0 Å². The van der Waals surface area contributed by atoms with E-state index in [9.17, 15) is 0 Å². The summed E-state index contributed by atoms with van der Waals surface area (Å²) >= 11 is 0. The van der Waals surface area contributed by atoms with Crippen LogP contribution in [0, 0.1) is 6.57 Å². The summed E-state index contributed by atoms with van der Waals surface area (Å²) in [6, 6.07) is 0. The van der Waals surface area contributed by atoms with Crippen LogP contribution < -0.4 is 0 Å². The first-order chi connectivity index (χ1) is 2.41. The van der Waals surface area contributed by atoms with E-state index in [1.807, 2.05) is 0 Å². The van der Waals surface area contributed by atoms with Gasteiger partial charge in [-0.3, -0.25) is 0 Å². The van der Waals surface area contributed by atoms with Crippen LogP contribution in [-0.4, -0.2) is 5.11 Å². The summed E-state index contributed by atoms with van der Waals surface area (Å²) < 4.78 is 0. The van der Waals surface area contributed by atoms with Crippen LogP contribution >= 0.6 is 0 Å². The summed E-state index contributed by atoms with van der Waals surface area (Å²) in [5.41, 5.74) is 0. The van der Waals surface area contributed by atoms with Gasteiger partial charge in [0.1, 0.15) is 0 Å². The number of hydrogen-bond donors (Lipinski definition) is 1. The van der Waals surface area contributed by atoms with Crippen LogP contribution in [0.1, 0.15) is 0 Å². The SMILES string of the molecule is C#[N+]C=CO. The average molecular weight is 70.1 g/mol. The monoisotopic (exact) mass is 70.0 g/mol. The highest BCUT2D eigenvalue weighted by Crippen LogP contribution is 1.60. The first-order valence-electron chi connectivity index (χ1n) is 1.11. The van der Waals surface area contributed by atoms with Crippen LogP contribution in [0.3, 0.4) is 0 Å².